The molecule has 0 saturated carbocycles. The maximum atomic E-state index is 12.5. The number of amides is 2. The molecule has 0 unspecified atom stereocenters. The fraction of sp³-hybridized carbons (Fsp3) is 0.286. The monoisotopic (exact) mass is 397 g/mol. The number of hydrogen-bond acceptors (Lipinski definition) is 6. The Morgan fingerprint density at radius 2 is 1.34 bits per heavy atom. The van der Waals surface area contributed by atoms with Crippen molar-refractivity contribution in [2.75, 3.05) is 39.9 Å². The van der Waals surface area contributed by atoms with Gasteiger partial charge in [0.1, 0.15) is 11.5 Å². The predicted molar refractivity (Wildman–Crippen MR) is 102 cm³/mol. The summed E-state index contributed by atoms with van der Waals surface area (Å²) in [5.74, 6) is -0.345. The van der Waals surface area contributed by atoms with Gasteiger partial charge in [-0.05, 0) is 42.0 Å². The van der Waals surface area contributed by atoms with Gasteiger partial charge in [-0.25, -0.2) is 0 Å². The quantitative estimate of drug-likeness (QED) is 0.701. The van der Waals surface area contributed by atoms with Crippen molar-refractivity contribution in [3.63, 3.8) is 0 Å². The molecule has 2 amide bonds. The average molecular weight is 397 g/mol. The first-order valence-corrected chi connectivity index (χ1v) is 9.13. The Balaban J connectivity index is 1.48. The van der Waals surface area contributed by atoms with Crippen molar-refractivity contribution in [3.8, 4) is 11.5 Å². The van der Waals surface area contributed by atoms with Gasteiger partial charge in [0, 0.05) is 31.7 Å². The lowest BCUT2D eigenvalue weighted by molar-refractivity contribution is -0.255. The number of benzene rings is 2. The Hall–Kier alpha value is -3.55. The van der Waals surface area contributed by atoms with Crippen LogP contribution in [0.3, 0.4) is 0 Å². The van der Waals surface area contributed by atoms with Gasteiger partial charge < -0.3 is 29.2 Å². The normalized spacial score (nSPS) is 13.7. The molecule has 8 heteroatoms. The number of aromatic carboxylic acids is 1. The Bertz CT molecular complexity index is 871. The van der Waals surface area contributed by atoms with Crippen LogP contribution in [0.2, 0.25) is 0 Å². The highest BCUT2D eigenvalue weighted by Gasteiger charge is 2.25. The summed E-state index contributed by atoms with van der Waals surface area (Å²) in [6.45, 7) is 1.54. The summed E-state index contributed by atoms with van der Waals surface area (Å²) in [6.07, 6.45) is 0. The van der Waals surface area contributed by atoms with E-state index in [4.69, 9.17) is 9.47 Å². The highest BCUT2D eigenvalue weighted by Crippen LogP contribution is 2.17. The lowest BCUT2D eigenvalue weighted by Gasteiger charge is -2.34. The molecule has 152 valence electrons. The number of rotatable bonds is 6. The fourth-order valence-electron chi connectivity index (χ4n) is 3.00. The first-order chi connectivity index (χ1) is 14.0. The highest BCUT2D eigenvalue weighted by molar-refractivity contribution is 5.95. The molecule has 0 aromatic heterocycles. The molecular weight excluding hydrogens is 376 g/mol. The second-order valence-corrected chi connectivity index (χ2v) is 6.50. The van der Waals surface area contributed by atoms with Gasteiger partial charge in [0.25, 0.3) is 11.8 Å². The lowest BCUT2D eigenvalue weighted by Crippen LogP contribution is -2.51. The van der Waals surface area contributed by atoms with Gasteiger partial charge in [-0.2, -0.15) is 0 Å². The van der Waals surface area contributed by atoms with Crippen LogP contribution in [0.5, 0.6) is 11.5 Å². The summed E-state index contributed by atoms with van der Waals surface area (Å²) in [4.78, 5) is 39.0. The van der Waals surface area contributed by atoms with Crippen molar-refractivity contribution >= 4 is 17.8 Å². The predicted octanol–water partition coefficient (Wildman–Crippen LogP) is 0.422. The lowest BCUT2D eigenvalue weighted by atomic mass is 10.1. The third-order valence-corrected chi connectivity index (χ3v) is 4.71. The molecule has 0 aliphatic carbocycles. The second-order valence-electron chi connectivity index (χ2n) is 6.50. The number of carbonyl (C=O) groups is 3. The summed E-state index contributed by atoms with van der Waals surface area (Å²) in [6, 6.07) is 12.6. The van der Waals surface area contributed by atoms with E-state index in [0.717, 1.165) is 0 Å². The van der Waals surface area contributed by atoms with Crippen molar-refractivity contribution in [3.05, 3.63) is 59.7 Å². The Labute approximate surface area is 168 Å². The number of methoxy groups -OCH3 is 1. The molecule has 1 saturated heterocycles. The largest absolute Gasteiger partial charge is 0.545 e. The molecule has 3 rings (SSSR count). The van der Waals surface area contributed by atoms with Crippen molar-refractivity contribution in [2.45, 2.75) is 0 Å². The van der Waals surface area contributed by atoms with Crippen LogP contribution in [0, 0.1) is 0 Å². The van der Waals surface area contributed by atoms with E-state index < -0.39 is 5.97 Å². The highest BCUT2D eigenvalue weighted by atomic mass is 16.5. The fourth-order valence-corrected chi connectivity index (χ4v) is 3.00. The van der Waals surface area contributed by atoms with Crippen LogP contribution >= 0.6 is 0 Å². The van der Waals surface area contributed by atoms with Gasteiger partial charge in [-0.3, -0.25) is 9.59 Å². The number of carbonyl (C=O) groups excluding carboxylic acids is 3. The van der Waals surface area contributed by atoms with Crippen LogP contribution in [-0.4, -0.2) is 67.5 Å². The van der Waals surface area contributed by atoms with Crippen molar-refractivity contribution in [2.24, 2.45) is 0 Å². The van der Waals surface area contributed by atoms with Crippen LogP contribution in [0.4, 0.5) is 0 Å². The molecule has 8 nitrogen and oxygen atoms in total. The summed E-state index contributed by atoms with van der Waals surface area (Å²) in [5, 5.41) is 10.8. The van der Waals surface area contributed by atoms with Gasteiger partial charge in [0.15, 0.2) is 6.61 Å². The molecule has 1 aliphatic rings. The number of ether oxygens (including phenoxy) is 2. The maximum absolute atomic E-state index is 12.5. The zero-order chi connectivity index (χ0) is 20.8. The van der Waals surface area contributed by atoms with Gasteiger partial charge >= 0.3 is 0 Å². The number of hydrogen-bond donors (Lipinski definition) is 0. The first-order valence-electron chi connectivity index (χ1n) is 9.13. The molecule has 0 radical (unpaired) electrons. The van der Waals surface area contributed by atoms with E-state index >= 15 is 0 Å². The van der Waals surface area contributed by atoms with Crippen LogP contribution in [0.1, 0.15) is 20.7 Å². The zero-order valence-electron chi connectivity index (χ0n) is 16.0. The Morgan fingerprint density at radius 3 is 1.90 bits per heavy atom. The van der Waals surface area contributed by atoms with E-state index in [0.29, 0.717) is 43.2 Å². The number of piperazine rings is 1. The SMILES string of the molecule is COc1ccc(OCC(=O)N2CCN(C(=O)c3ccc(C(=O)[O-])cc3)CC2)cc1. The first kappa shape index (κ1) is 20.2. The topological polar surface area (TPSA) is 99.2 Å². The minimum Gasteiger partial charge on any atom is -0.545 e. The summed E-state index contributed by atoms with van der Waals surface area (Å²) in [7, 11) is 1.58. The molecule has 2 aromatic rings. The van der Waals surface area contributed by atoms with E-state index in [1.54, 1.807) is 41.2 Å². The average Bonchev–Trinajstić information content (AvgIpc) is 2.77. The number of nitrogens with zero attached hydrogens (tertiary/aromatic N) is 2. The third kappa shape index (κ3) is 5.04. The maximum Gasteiger partial charge on any atom is 0.260 e. The van der Waals surface area contributed by atoms with Crippen LogP contribution in [0.25, 0.3) is 0 Å². The van der Waals surface area contributed by atoms with Crippen LogP contribution in [-0.2, 0) is 4.79 Å². The van der Waals surface area contributed by atoms with E-state index in [1.165, 1.54) is 24.3 Å². The summed E-state index contributed by atoms with van der Waals surface area (Å²) >= 11 is 0. The van der Waals surface area contributed by atoms with Gasteiger partial charge in [-0.15, -0.1) is 0 Å². The Kier molecular flexibility index (Phi) is 6.33. The molecule has 1 fully saturated rings. The molecule has 2 aromatic carbocycles. The second kappa shape index (κ2) is 9.09. The van der Waals surface area contributed by atoms with Crippen molar-refractivity contribution in [1.82, 2.24) is 9.80 Å². The molecule has 1 aliphatic heterocycles. The van der Waals surface area contributed by atoms with E-state index in [9.17, 15) is 19.5 Å². The smallest absolute Gasteiger partial charge is 0.260 e. The van der Waals surface area contributed by atoms with Crippen molar-refractivity contribution < 1.29 is 29.0 Å². The van der Waals surface area contributed by atoms with Crippen LogP contribution in [0.15, 0.2) is 48.5 Å². The van der Waals surface area contributed by atoms with Gasteiger partial charge in [-0.1, -0.05) is 12.1 Å². The minimum absolute atomic E-state index is 0.0221. The zero-order valence-corrected chi connectivity index (χ0v) is 16.0. The molecule has 1 heterocycles. The standard InChI is InChI=1S/C21H22N2O6/c1-28-17-6-8-18(9-7-17)29-14-19(24)22-10-12-23(13-11-22)20(25)15-2-4-16(5-3-15)21(26)27/h2-9H,10-14H2,1H3,(H,26,27)/p-1. The number of carboxylic acid groups (broad SMARTS) is 1. The van der Waals surface area contributed by atoms with E-state index in [1.807, 2.05) is 0 Å². The molecule has 0 atom stereocenters. The van der Waals surface area contributed by atoms with E-state index in [-0.39, 0.29) is 24.0 Å². The summed E-state index contributed by atoms with van der Waals surface area (Å²) < 4.78 is 10.6. The minimum atomic E-state index is -1.28. The third-order valence-electron chi connectivity index (χ3n) is 4.71. The Morgan fingerprint density at radius 1 is 0.828 bits per heavy atom. The van der Waals surface area contributed by atoms with Crippen LogP contribution < -0.4 is 14.6 Å². The molecular formula is C21H21N2O6-. The van der Waals surface area contributed by atoms with E-state index in [2.05, 4.69) is 0 Å². The van der Waals surface area contributed by atoms with Gasteiger partial charge in [0.05, 0.1) is 13.1 Å². The summed E-state index contributed by atoms with van der Waals surface area (Å²) in [5.41, 5.74) is 0.423. The van der Waals surface area contributed by atoms with Crippen molar-refractivity contribution in [1.29, 1.82) is 0 Å². The molecule has 0 spiro atoms. The van der Waals surface area contributed by atoms with Gasteiger partial charge in [0.2, 0.25) is 0 Å². The number of carboxylic acids is 1. The molecule has 0 N–H and O–H groups in total. The molecule has 29 heavy (non-hydrogen) atoms. The molecule has 0 bridgehead atoms.